The molecule has 3 N–H and O–H groups in total. The van der Waals surface area contributed by atoms with Crippen molar-refractivity contribution in [1.29, 1.82) is 0 Å². The predicted molar refractivity (Wildman–Crippen MR) is 98.3 cm³/mol. The number of nitrogens with one attached hydrogen (secondary N) is 2. The van der Waals surface area contributed by atoms with Crippen LogP contribution in [0.4, 0.5) is 13.2 Å². The van der Waals surface area contributed by atoms with Gasteiger partial charge in [0.1, 0.15) is 5.92 Å². The first-order valence-corrected chi connectivity index (χ1v) is 8.64. The van der Waals surface area contributed by atoms with Crippen LogP contribution in [-0.2, 0) is 0 Å². The number of carbonyl (C=O) groups is 1. The van der Waals surface area contributed by atoms with Crippen LogP contribution in [0.3, 0.4) is 0 Å². The minimum atomic E-state index is -5.15. The van der Waals surface area contributed by atoms with E-state index in [0.717, 1.165) is 0 Å². The summed E-state index contributed by atoms with van der Waals surface area (Å²) >= 11 is 10.7. The smallest absolute Gasteiger partial charge is 0.363 e. The summed E-state index contributed by atoms with van der Waals surface area (Å²) in [7, 11) is 0. The second-order valence-electron chi connectivity index (χ2n) is 6.10. The topological polar surface area (TPSA) is 61.4 Å². The quantitative estimate of drug-likeness (QED) is 0.529. The van der Waals surface area contributed by atoms with Crippen molar-refractivity contribution in [2.24, 2.45) is 5.92 Å². The molecule has 27 heavy (non-hydrogen) atoms. The fourth-order valence-electron chi connectivity index (χ4n) is 3.07. The summed E-state index contributed by atoms with van der Waals surface area (Å²) in [6, 6.07) is 12.2. The third-order valence-corrected chi connectivity index (χ3v) is 4.85. The maximum Gasteiger partial charge on any atom is 0.437 e. The molecule has 0 amide bonds. The minimum Gasteiger partial charge on any atom is -0.363 e. The number of hydrogen-bond donors (Lipinski definition) is 3. The van der Waals surface area contributed by atoms with Crippen LogP contribution in [0.15, 0.2) is 54.6 Å². The van der Waals surface area contributed by atoms with Gasteiger partial charge in [0.25, 0.3) is 0 Å². The van der Waals surface area contributed by atoms with Gasteiger partial charge in [-0.1, -0.05) is 54.1 Å². The van der Waals surface area contributed by atoms with Crippen LogP contribution in [0.5, 0.6) is 0 Å². The molecule has 0 aromatic heterocycles. The molecule has 0 saturated carbocycles. The molecule has 0 bridgehead atoms. The molecule has 9 heteroatoms. The van der Waals surface area contributed by atoms with Crippen molar-refractivity contribution in [2.75, 3.05) is 0 Å². The molecule has 4 nitrogen and oxygen atoms in total. The van der Waals surface area contributed by atoms with Gasteiger partial charge in [-0.2, -0.15) is 13.2 Å². The fourth-order valence-corrected chi connectivity index (χ4v) is 3.48. The number of carbonyl (C=O) groups excluding carboxylic acids is 1. The molecule has 2 aromatic rings. The third-order valence-electron chi connectivity index (χ3n) is 4.38. The lowest BCUT2D eigenvalue weighted by molar-refractivity contribution is -0.285. The molecule has 142 valence electrons. The molecular formula is C18H14ClF3N2O2S. The van der Waals surface area contributed by atoms with E-state index in [0.29, 0.717) is 10.6 Å². The van der Waals surface area contributed by atoms with Gasteiger partial charge in [0.05, 0.1) is 6.04 Å². The Morgan fingerprint density at radius 3 is 2.26 bits per heavy atom. The van der Waals surface area contributed by atoms with Gasteiger partial charge in [-0.3, -0.25) is 4.79 Å². The average Bonchev–Trinajstić information content (AvgIpc) is 2.61. The molecular weight excluding hydrogens is 401 g/mol. The molecule has 3 atom stereocenters. The van der Waals surface area contributed by atoms with Gasteiger partial charge in [0.15, 0.2) is 10.9 Å². The molecule has 0 unspecified atom stereocenters. The van der Waals surface area contributed by atoms with E-state index in [1.54, 1.807) is 6.07 Å². The summed E-state index contributed by atoms with van der Waals surface area (Å²) in [5, 5.41) is 15.0. The summed E-state index contributed by atoms with van der Waals surface area (Å²) in [5.74, 6) is -2.80. The second-order valence-corrected chi connectivity index (χ2v) is 6.94. The molecule has 1 fully saturated rings. The predicted octanol–water partition coefficient (Wildman–Crippen LogP) is 3.61. The lowest BCUT2D eigenvalue weighted by Gasteiger charge is -2.46. The molecule has 0 radical (unpaired) electrons. The number of ketones is 1. The number of aliphatic hydroxyl groups is 1. The number of alkyl halides is 3. The maximum absolute atomic E-state index is 13.8. The number of hydrogen-bond acceptors (Lipinski definition) is 3. The molecule has 1 saturated heterocycles. The van der Waals surface area contributed by atoms with Crippen molar-refractivity contribution < 1.29 is 23.1 Å². The van der Waals surface area contributed by atoms with Crippen LogP contribution in [0, 0.1) is 5.92 Å². The van der Waals surface area contributed by atoms with Crippen molar-refractivity contribution in [3.05, 3.63) is 70.7 Å². The van der Waals surface area contributed by atoms with E-state index in [9.17, 15) is 23.1 Å². The first-order chi connectivity index (χ1) is 12.6. The molecule has 1 aliphatic heterocycles. The number of Topliss-reactive ketones (excluding diaryl/α,β-unsaturated/α-hetero) is 1. The van der Waals surface area contributed by atoms with E-state index in [4.69, 9.17) is 23.8 Å². The SMILES string of the molecule is O=C(c1ccccc1)[C@H]1[C@H](c2ccc(Cl)cc2)NC(=S)N[C@@]1(O)C(F)(F)F. The van der Waals surface area contributed by atoms with Crippen molar-refractivity contribution in [3.8, 4) is 0 Å². The van der Waals surface area contributed by atoms with Crippen molar-refractivity contribution >= 4 is 34.7 Å². The second kappa shape index (κ2) is 7.10. The number of thiocarbonyl (C=S) groups is 1. The van der Waals surface area contributed by atoms with Crippen LogP contribution < -0.4 is 10.6 Å². The largest absolute Gasteiger partial charge is 0.437 e. The monoisotopic (exact) mass is 414 g/mol. The Morgan fingerprint density at radius 1 is 1.11 bits per heavy atom. The summed E-state index contributed by atoms with van der Waals surface area (Å²) in [6.07, 6.45) is -5.15. The zero-order valence-corrected chi connectivity index (χ0v) is 15.2. The van der Waals surface area contributed by atoms with Crippen LogP contribution in [0.2, 0.25) is 5.02 Å². The lowest BCUT2D eigenvalue weighted by Crippen LogP contribution is -2.72. The van der Waals surface area contributed by atoms with E-state index in [-0.39, 0.29) is 5.56 Å². The Bertz CT molecular complexity index is 861. The Balaban J connectivity index is 2.15. The normalized spacial score (nSPS) is 25.4. The summed E-state index contributed by atoms with van der Waals surface area (Å²) in [6.45, 7) is 0. The van der Waals surface area contributed by atoms with Gasteiger partial charge in [-0.15, -0.1) is 0 Å². The Morgan fingerprint density at radius 2 is 1.70 bits per heavy atom. The van der Waals surface area contributed by atoms with E-state index >= 15 is 0 Å². The van der Waals surface area contributed by atoms with Gasteiger partial charge < -0.3 is 15.7 Å². The molecule has 3 rings (SSSR count). The summed E-state index contributed by atoms with van der Waals surface area (Å²) in [5.41, 5.74) is -3.16. The number of halogens is 4. The summed E-state index contributed by atoms with van der Waals surface area (Å²) < 4.78 is 41.4. The van der Waals surface area contributed by atoms with Gasteiger partial charge >= 0.3 is 6.18 Å². The third kappa shape index (κ3) is 3.65. The van der Waals surface area contributed by atoms with E-state index in [2.05, 4.69) is 5.32 Å². The lowest BCUT2D eigenvalue weighted by atomic mass is 9.77. The van der Waals surface area contributed by atoms with Crippen LogP contribution in [-0.4, -0.2) is 27.9 Å². The number of rotatable bonds is 3. The first kappa shape index (κ1) is 19.6. The van der Waals surface area contributed by atoms with Crippen molar-refractivity contribution in [3.63, 3.8) is 0 Å². The van der Waals surface area contributed by atoms with Crippen LogP contribution >= 0.6 is 23.8 Å². The number of benzene rings is 2. The Kier molecular flexibility index (Phi) is 5.16. The van der Waals surface area contributed by atoms with E-state index in [1.165, 1.54) is 48.5 Å². The van der Waals surface area contributed by atoms with E-state index < -0.39 is 34.8 Å². The molecule has 1 aliphatic rings. The molecule has 0 spiro atoms. The first-order valence-electron chi connectivity index (χ1n) is 7.86. The fraction of sp³-hybridized carbons (Fsp3) is 0.222. The highest BCUT2D eigenvalue weighted by Gasteiger charge is 2.65. The molecule has 0 aliphatic carbocycles. The summed E-state index contributed by atoms with van der Waals surface area (Å²) in [4.78, 5) is 13.0. The van der Waals surface area contributed by atoms with Gasteiger partial charge in [0, 0.05) is 10.6 Å². The van der Waals surface area contributed by atoms with Crippen LogP contribution in [0.1, 0.15) is 22.0 Å². The highest BCUT2D eigenvalue weighted by molar-refractivity contribution is 7.80. The Hall–Kier alpha value is -2.16. The van der Waals surface area contributed by atoms with Gasteiger partial charge in [0.2, 0.25) is 5.72 Å². The molecule has 1 heterocycles. The zero-order chi connectivity index (χ0) is 19.8. The maximum atomic E-state index is 13.8. The minimum absolute atomic E-state index is 0.0422. The van der Waals surface area contributed by atoms with E-state index in [1.807, 2.05) is 5.32 Å². The van der Waals surface area contributed by atoms with Gasteiger partial charge in [-0.05, 0) is 29.9 Å². The van der Waals surface area contributed by atoms with Crippen molar-refractivity contribution in [2.45, 2.75) is 17.9 Å². The standard InChI is InChI=1S/C18H14ClF3N2O2S/c19-12-8-6-10(7-9-12)14-13(15(25)11-4-2-1-3-5-11)17(26,18(20,21)22)24-16(27)23-14/h1-9,13-14,26H,(H2,23,24,27)/t13-,14+,17+/m1/s1. The highest BCUT2D eigenvalue weighted by Crippen LogP contribution is 2.44. The van der Waals surface area contributed by atoms with Crippen molar-refractivity contribution in [1.82, 2.24) is 10.6 Å². The van der Waals surface area contributed by atoms with Gasteiger partial charge in [-0.25, -0.2) is 0 Å². The average molecular weight is 415 g/mol. The highest BCUT2D eigenvalue weighted by atomic mass is 35.5. The molecule has 2 aromatic carbocycles. The van der Waals surface area contributed by atoms with Crippen LogP contribution in [0.25, 0.3) is 0 Å². The Labute approximate surface area is 163 Å². The zero-order valence-electron chi connectivity index (χ0n) is 13.6.